The first-order valence-electron chi connectivity index (χ1n) is 32.3. The van der Waals surface area contributed by atoms with Crippen molar-refractivity contribution in [2.45, 2.75) is 263 Å². The largest absolute Gasteiger partial charge is 0.494 e. The summed E-state index contributed by atoms with van der Waals surface area (Å²) in [7, 11) is -1.41. The van der Waals surface area contributed by atoms with Gasteiger partial charge in [-0.2, -0.15) is 5.26 Å². The smallest absolute Gasteiger partial charge is 0.330 e. The lowest BCUT2D eigenvalue weighted by Crippen LogP contribution is -2.38. The van der Waals surface area contributed by atoms with E-state index in [1.165, 1.54) is 191 Å². The molecule has 0 bridgehead atoms. The van der Waals surface area contributed by atoms with Gasteiger partial charge in [0.2, 0.25) is 0 Å². The minimum atomic E-state index is -1.41. The number of nitrogens with one attached hydrogen (secondary N) is 1. The number of hydrogen-bond donors (Lipinski definition) is 1. The van der Waals surface area contributed by atoms with Crippen molar-refractivity contribution in [1.29, 1.82) is 5.26 Å². The summed E-state index contributed by atoms with van der Waals surface area (Å²) in [5.74, 6) is 1.62. The average Bonchev–Trinajstić information content (AvgIpc) is 3.86. The fourth-order valence-electron chi connectivity index (χ4n) is 11.3. The molecule has 2 unspecified atom stereocenters. The molecule has 1 aromatic heterocycles. The molecule has 12 heteroatoms. The standard InChI is InChI=1S/C69H106N3O8P/c1-5-7-9-11-13-15-17-19-21-23-25-27-29-31-33-38-52-75-62-47-43-60(44-48-62)69(59-41-36-35-37-42-59,61-45-49-63(50-46-61)76-53-39-34-32-30-28-26-24-22-20-18-16-14-12-10-8-6-2)77-57-65-64(80-81(4)78-54-40-51-70)55-66(79-65)72-56-58(3)67(73)71-68(72)74/h35-37,41-50,56,64-66H,5-34,38-40,52-55,57H2,1-4H3,(H,71,73,74)/t64?,65-,66-,81?/m1/s1. The molecule has 81 heavy (non-hydrogen) atoms. The topological polar surface area (TPSA) is 134 Å². The second-order valence-electron chi connectivity index (χ2n) is 22.9. The molecule has 5 rings (SSSR count). The van der Waals surface area contributed by atoms with Crippen LogP contribution in [0, 0.1) is 18.3 Å². The van der Waals surface area contributed by atoms with Crippen LogP contribution in [0.3, 0.4) is 0 Å². The predicted octanol–water partition coefficient (Wildman–Crippen LogP) is 18.7. The van der Waals surface area contributed by atoms with Gasteiger partial charge < -0.3 is 28.0 Å². The number of unbranched alkanes of at least 4 members (excludes halogenated alkanes) is 30. The minimum Gasteiger partial charge on any atom is -0.494 e. The highest BCUT2D eigenvalue weighted by molar-refractivity contribution is 7.46. The van der Waals surface area contributed by atoms with Gasteiger partial charge in [0.05, 0.1) is 45.0 Å². The molecule has 4 atom stereocenters. The highest BCUT2D eigenvalue weighted by Gasteiger charge is 2.44. The fraction of sp³-hybridized carbons (Fsp3) is 0.667. The Morgan fingerprint density at radius 1 is 0.580 bits per heavy atom. The van der Waals surface area contributed by atoms with Crippen LogP contribution in [0.4, 0.5) is 0 Å². The number of nitriles is 1. The molecule has 450 valence electrons. The average molecular weight is 1140 g/mol. The third kappa shape index (κ3) is 25.6. The second-order valence-corrected chi connectivity index (χ2v) is 24.2. The molecule has 1 aliphatic rings. The maximum Gasteiger partial charge on any atom is 0.330 e. The molecule has 1 saturated heterocycles. The van der Waals surface area contributed by atoms with E-state index < -0.39 is 43.7 Å². The summed E-state index contributed by atoms with van der Waals surface area (Å²) in [5, 5.41) is 9.18. The summed E-state index contributed by atoms with van der Waals surface area (Å²) < 4.78 is 40.7. The van der Waals surface area contributed by atoms with Gasteiger partial charge in [-0.15, -0.1) is 0 Å². The van der Waals surface area contributed by atoms with Crippen LogP contribution in [0.2, 0.25) is 0 Å². The van der Waals surface area contributed by atoms with Gasteiger partial charge in [0.25, 0.3) is 5.56 Å². The molecule has 0 radical (unpaired) electrons. The molecule has 3 aromatic carbocycles. The summed E-state index contributed by atoms with van der Waals surface area (Å²) in [5.41, 5.74) is 0.998. The summed E-state index contributed by atoms with van der Waals surface area (Å²) in [6, 6.07) is 28.9. The van der Waals surface area contributed by atoms with Gasteiger partial charge in [-0.25, -0.2) is 4.79 Å². The van der Waals surface area contributed by atoms with Crippen molar-refractivity contribution in [3.05, 3.63) is 128 Å². The number of aromatic amines is 1. The van der Waals surface area contributed by atoms with Gasteiger partial charge in [0.15, 0.2) is 8.38 Å². The summed E-state index contributed by atoms with van der Waals surface area (Å²) in [4.78, 5) is 28.1. The fourth-order valence-corrected chi connectivity index (χ4v) is 12.3. The van der Waals surface area contributed by atoms with Crippen LogP contribution in [0.5, 0.6) is 11.5 Å². The Labute approximate surface area is 490 Å². The van der Waals surface area contributed by atoms with Crippen molar-refractivity contribution < 1.29 is 28.0 Å². The number of hydrogen-bond acceptors (Lipinski definition) is 9. The molecule has 0 spiro atoms. The third-order valence-corrected chi connectivity index (χ3v) is 17.2. The molecule has 2 heterocycles. The number of benzene rings is 3. The van der Waals surface area contributed by atoms with Crippen molar-refractivity contribution >= 4 is 8.38 Å². The number of aromatic nitrogens is 2. The van der Waals surface area contributed by atoms with Crippen LogP contribution in [-0.2, 0) is 24.1 Å². The lowest BCUT2D eigenvalue weighted by molar-refractivity contribution is -0.0916. The molecular formula is C69H106N3O8P. The quantitative estimate of drug-likeness (QED) is 0.0261. The number of H-pyrrole nitrogens is 1. The zero-order valence-electron chi connectivity index (χ0n) is 50.8. The van der Waals surface area contributed by atoms with E-state index in [-0.39, 0.29) is 19.6 Å². The van der Waals surface area contributed by atoms with Crippen LogP contribution in [0.15, 0.2) is 94.6 Å². The number of ether oxygens (including phenoxy) is 4. The Hall–Kier alpha value is -4.30. The van der Waals surface area contributed by atoms with Gasteiger partial charge >= 0.3 is 5.69 Å². The van der Waals surface area contributed by atoms with Gasteiger partial charge in [0, 0.05) is 24.8 Å². The van der Waals surface area contributed by atoms with E-state index in [1.54, 1.807) is 6.92 Å². The van der Waals surface area contributed by atoms with Gasteiger partial charge in [0.1, 0.15) is 29.4 Å². The summed E-state index contributed by atoms with van der Waals surface area (Å²) in [6.45, 7) is 9.74. The normalized spacial score (nSPS) is 15.7. The van der Waals surface area contributed by atoms with Crippen molar-refractivity contribution in [2.24, 2.45) is 0 Å². The number of aryl methyl sites for hydroxylation is 1. The van der Waals surface area contributed by atoms with E-state index in [1.807, 2.05) is 49.1 Å². The maximum absolute atomic E-state index is 13.2. The maximum atomic E-state index is 13.2. The lowest BCUT2D eigenvalue weighted by atomic mass is 9.80. The highest BCUT2D eigenvalue weighted by Crippen LogP contribution is 2.45. The number of nitrogens with zero attached hydrogens (tertiary/aromatic N) is 2. The first-order chi connectivity index (χ1) is 39.8. The SMILES string of the molecule is CCCCCCCCCCCCCCCCCCOc1ccc(C(OC[C@H]2O[C@@H](n3cc(C)c(=O)[nH]c3=O)CC2OP(C)OCCC#N)(c2ccccc2)c2ccc(OCCCCCCCCCCCCCCCCCC)cc2)cc1. The van der Waals surface area contributed by atoms with E-state index in [9.17, 15) is 14.9 Å². The van der Waals surface area contributed by atoms with E-state index in [0.717, 1.165) is 53.9 Å². The predicted molar refractivity (Wildman–Crippen MR) is 334 cm³/mol. The third-order valence-electron chi connectivity index (χ3n) is 16.1. The van der Waals surface area contributed by atoms with Crippen LogP contribution in [-0.4, -0.2) is 54.9 Å². The van der Waals surface area contributed by atoms with Crippen LogP contribution >= 0.6 is 8.38 Å². The van der Waals surface area contributed by atoms with Crippen LogP contribution < -0.4 is 20.7 Å². The lowest BCUT2D eigenvalue weighted by Gasteiger charge is -2.37. The van der Waals surface area contributed by atoms with Crippen LogP contribution in [0.25, 0.3) is 0 Å². The Balaban J connectivity index is 1.22. The Morgan fingerprint density at radius 2 is 0.988 bits per heavy atom. The first kappa shape index (κ1) is 67.5. The molecular weight excluding hydrogens is 1030 g/mol. The minimum absolute atomic E-state index is 0.0729. The van der Waals surface area contributed by atoms with Gasteiger partial charge in [-0.3, -0.25) is 14.3 Å². The molecule has 11 nitrogen and oxygen atoms in total. The van der Waals surface area contributed by atoms with E-state index in [0.29, 0.717) is 25.2 Å². The monoisotopic (exact) mass is 1140 g/mol. The van der Waals surface area contributed by atoms with Crippen molar-refractivity contribution in [1.82, 2.24) is 9.55 Å². The van der Waals surface area contributed by atoms with Gasteiger partial charge in [-0.1, -0.05) is 261 Å². The Morgan fingerprint density at radius 3 is 1.41 bits per heavy atom. The summed E-state index contributed by atoms with van der Waals surface area (Å²) in [6.07, 6.45) is 42.8. The van der Waals surface area contributed by atoms with E-state index in [2.05, 4.69) is 61.3 Å². The van der Waals surface area contributed by atoms with Crippen LogP contribution in [0.1, 0.15) is 261 Å². The molecule has 0 aliphatic carbocycles. The molecule has 4 aromatic rings. The zero-order valence-corrected chi connectivity index (χ0v) is 51.7. The molecule has 1 N–H and O–H groups in total. The Bertz CT molecular complexity index is 2290. The molecule has 0 saturated carbocycles. The number of rotatable bonds is 48. The van der Waals surface area contributed by atoms with Gasteiger partial charge in [-0.05, 0) is 60.7 Å². The molecule has 0 amide bonds. The van der Waals surface area contributed by atoms with E-state index >= 15 is 0 Å². The molecule has 1 aliphatic heterocycles. The first-order valence-corrected chi connectivity index (χ1v) is 34.0. The van der Waals surface area contributed by atoms with Crippen molar-refractivity contribution in [3.63, 3.8) is 0 Å². The molecule has 1 fully saturated rings. The second kappa shape index (κ2) is 41.7. The van der Waals surface area contributed by atoms with Crippen molar-refractivity contribution in [3.8, 4) is 17.6 Å². The van der Waals surface area contributed by atoms with Crippen molar-refractivity contribution in [2.75, 3.05) is 33.1 Å². The highest BCUT2D eigenvalue weighted by atomic mass is 31.2. The zero-order chi connectivity index (χ0) is 57.4. The Kier molecular flexibility index (Phi) is 34.7. The van der Waals surface area contributed by atoms with E-state index in [4.69, 9.17) is 28.0 Å². The summed E-state index contributed by atoms with van der Waals surface area (Å²) >= 11 is 0.